The van der Waals surface area contributed by atoms with Crippen LogP contribution in [0.1, 0.15) is 126 Å². The molecule has 0 unspecified atom stereocenters. The van der Waals surface area contributed by atoms with Gasteiger partial charge in [0, 0.05) is 0 Å². The van der Waals surface area contributed by atoms with Crippen molar-refractivity contribution in [2.24, 2.45) is 0 Å². The Labute approximate surface area is 226 Å². The molecule has 0 aromatic heterocycles. The van der Waals surface area contributed by atoms with Gasteiger partial charge in [-0.15, -0.1) is 0 Å². The first-order chi connectivity index (χ1) is 12.7. The van der Waals surface area contributed by atoms with Crippen LogP contribution >= 0.6 is 0 Å². The molecule has 2 aliphatic heterocycles. The average Bonchev–Trinajstić information content (AvgIpc) is 3.31. The SMILES string of the molecule is C.C.C.C.C.C.C.CC.CCC.CCN(C)C.CCN1CCCC1.CN(C)C.CN1CCCC1. The van der Waals surface area contributed by atoms with Crippen LogP contribution in [0, 0.1) is 0 Å². The zero-order valence-corrected chi connectivity index (χ0v) is 21.6. The van der Waals surface area contributed by atoms with Gasteiger partial charge in [-0.2, -0.15) is 0 Å². The van der Waals surface area contributed by atoms with E-state index in [1.807, 2.05) is 39.9 Å². The maximum atomic E-state index is 2.49. The van der Waals surface area contributed by atoms with Crippen LogP contribution in [0.3, 0.4) is 0 Å². The van der Waals surface area contributed by atoms with Crippen molar-refractivity contribution >= 4 is 0 Å². The van der Waals surface area contributed by atoms with Crippen molar-refractivity contribution in [3.8, 4) is 0 Å². The zero-order chi connectivity index (χ0) is 22.1. The van der Waals surface area contributed by atoms with Gasteiger partial charge in [-0.25, -0.2) is 0 Å². The van der Waals surface area contributed by atoms with E-state index >= 15 is 0 Å². The van der Waals surface area contributed by atoms with Crippen molar-refractivity contribution in [1.82, 2.24) is 19.6 Å². The zero-order valence-electron chi connectivity index (χ0n) is 21.6. The van der Waals surface area contributed by atoms with E-state index in [2.05, 4.69) is 63.5 Å². The van der Waals surface area contributed by atoms with Gasteiger partial charge in [0.2, 0.25) is 0 Å². The molecule has 226 valence electrons. The third kappa shape index (κ3) is 95.2. The molecule has 0 bridgehead atoms. The molecule has 2 rings (SSSR count). The number of hydrogen-bond acceptors (Lipinski definition) is 4. The highest BCUT2D eigenvalue weighted by atomic mass is 15.1. The Bertz CT molecular complexity index is 207. The van der Waals surface area contributed by atoms with Crippen LogP contribution in [-0.2, 0) is 0 Å². The Morgan fingerprint density at radius 2 is 0.765 bits per heavy atom. The lowest BCUT2D eigenvalue weighted by Crippen LogP contribution is -2.17. The van der Waals surface area contributed by atoms with Gasteiger partial charge in [-0.3, -0.25) is 0 Å². The summed E-state index contributed by atoms with van der Waals surface area (Å²) in [5.41, 5.74) is 0. The van der Waals surface area contributed by atoms with Crippen LogP contribution in [0.5, 0.6) is 0 Å². The van der Waals surface area contributed by atoms with Crippen molar-refractivity contribution in [1.29, 1.82) is 0 Å². The predicted molar refractivity (Wildman–Crippen MR) is 176 cm³/mol. The summed E-state index contributed by atoms with van der Waals surface area (Å²) < 4.78 is 0. The highest BCUT2D eigenvalue weighted by Crippen LogP contribution is 2.04. The van der Waals surface area contributed by atoms with Crippen molar-refractivity contribution < 1.29 is 0 Å². The first-order valence-electron chi connectivity index (χ1n) is 11.4. The lowest BCUT2D eigenvalue weighted by atomic mass is 10.4. The third-order valence-electron chi connectivity index (χ3n) is 3.61. The van der Waals surface area contributed by atoms with Gasteiger partial charge >= 0.3 is 0 Å². The second kappa shape index (κ2) is 63.8. The van der Waals surface area contributed by atoms with E-state index in [-0.39, 0.29) is 52.0 Å². The fourth-order valence-corrected chi connectivity index (χ4v) is 1.97. The minimum atomic E-state index is 0. The van der Waals surface area contributed by atoms with Crippen molar-refractivity contribution in [3.05, 3.63) is 0 Å². The Morgan fingerprint density at radius 1 is 0.559 bits per heavy atom. The van der Waals surface area contributed by atoms with Crippen LogP contribution in [0.2, 0.25) is 0 Å². The quantitative estimate of drug-likeness (QED) is 0.372. The van der Waals surface area contributed by atoms with Gasteiger partial charge in [0.25, 0.3) is 0 Å². The Kier molecular flexibility index (Phi) is 131. The maximum Gasteiger partial charge on any atom is -0.00184 e. The molecule has 0 aliphatic carbocycles. The van der Waals surface area contributed by atoms with Crippen LogP contribution in [0.4, 0.5) is 0 Å². The number of rotatable bonds is 2. The Hall–Kier alpha value is -0.160. The van der Waals surface area contributed by atoms with E-state index in [9.17, 15) is 0 Å². The summed E-state index contributed by atoms with van der Waals surface area (Å²) in [5.74, 6) is 0. The molecule has 0 radical (unpaired) electrons. The van der Waals surface area contributed by atoms with E-state index in [4.69, 9.17) is 0 Å². The second-order valence-electron chi connectivity index (χ2n) is 7.60. The van der Waals surface area contributed by atoms with Crippen LogP contribution < -0.4 is 0 Å². The normalized spacial score (nSPS) is 12.5. The lowest BCUT2D eigenvalue weighted by molar-refractivity contribution is 0.359. The van der Waals surface area contributed by atoms with Crippen LogP contribution in [0.15, 0.2) is 0 Å². The van der Waals surface area contributed by atoms with Gasteiger partial charge in [-0.05, 0) is 107 Å². The Morgan fingerprint density at radius 3 is 0.853 bits per heavy atom. The first-order valence-corrected chi connectivity index (χ1v) is 11.4. The molecule has 0 atom stereocenters. The molecule has 2 saturated heterocycles. The summed E-state index contributed by atoms with van der Waals surface area (Å²) >= 11 is 0. The molecule has 0 aromatic rings. The minimum absolute atomic E-state index is 0. The molecule has 2 aliphatic rings. The summed E-state index contributed by atoms with van der Waals surface area (Å²) in [6.07, 6.45) is 6.93. The van der Waals surface area contributed by atoms with Crippen LogP contribution in [0.25, 0.3) is 0 Å². The Balaban J connectivity index is -0.0000000206. The summed E-state index contributed by atoms with van der Waals surface area (Å²) in [7, 11) is 12.3. The monoisotopic (exact) mass is 503 g/mol. The standard InChI is InChI=1S/C6H13N.C5H11N.C4H11N.C3H9N.C3H8.C2H6.7CH4/c1-2-7-5-3-4-6-7;1-6-4-2-3-5-6;1-4-5(2)3;1-4(2)3;1-3-2;1-2;;;;;;;/h2-6H2,1H3;2-5H2,1H3;4H2,1-3H3;1-3H3;3H2,1-2H3;1-2H3;7*1H4. The van der Waals surface area contributed by atoms with Crippen molar-refractivity contribution in [2.45, 2.75) is 126 Å². The van der Waals surface area contributed by atoms with Gasteiger partial charge < -0.3 is 19.6 Å². The molecular weight excluding hydrogens is 416 g/mol. The molecular formula is C30H86N4. The summed E-state index contributed by atoms with van der Waals surface area (Å²) in [6, 6.07) is 0. The number of hydrogen-bond donors (Lipinski definition) is 0. The number of likely N-dealkylation sites (tertiary alicyclic amines) is 2. The second-order valence-corrected chi connectivity index (χ2v) is 7.60. The predicted octanol–water partition coefficient (Wildman–Crippen LogP) is 9.46. The first kappa shape index (κ1) is 70.0. The number of nitrogens with zero attached hydrogens (tertiary/aromatic N) is 4. The van der Waals surface area contributed by atoms with Crippen molar-refractivity contribution in [3.63, 3.8) is 0 Å². The average molecular weight is 503 g/mol. The molecule has 34 heavy (non-hydrogen) atoms. The van der Waals surface area contributed by atoms with E-state index in [0.29, 0.717) is 0 Å². The van der Waals surface area contributed by atoms with E-state index < -0.39 is 0 Å². The molecule has 0 aromatic carbocycles. The molecule has 0 saturated carbocycles. The van der Waals surface area contributed by atoms with Gasteiger partial charge in [0.05, 0.1) is 0 Å². The highest BCUT2D eigenvalue weighted by molar-refractivity contribution is 4.62. The molecule has 2 fully saturated rings. The highest BCUT2D eigenvalue weighted by Gasteiger charge is 2.06. The summed E-state index contributed by atoms with van der Waals surface area (Å²) in [4.78, 5) is 8.97. The summed E-state index contributed by atoms with van der Waals surface area (Å²) in [6.45, 7) is 20.3. The minimum Gasteiger partial charge on any atom is -0.312 e. The molecule has 0 amide bonds. The van der Waals surface area contributed by atoms with E-state index in [1.165, 1.54) is 64.8 Å². The molecule has 2 heterocycles. The van der Waals surface area contributed by atoms with E-state index in [1.54, 1.807) is 0 Å². The molecule has 0 N–H and O–H groups in total. The third-order valence-corrected chi connectivity index (χ3v) is 3.61. The largest absolute Gasteiger partial charge is 0.312 e. The van der Waals surface area contributed by atoms with Gasteiger partial charge in [-0.1, -0.05) is 99.9 Å². The van der Waals surface area contributed by atoms with Gasteiger partial charge in [0.15, 0.2) is 0 Å². The van der Waals surface area contributed by atoms with Crippen molar-refractivity contribution in [2.75, 3.05) is 81.6 Å². The van der Waals surface area contributed by atoms with E-state index in [0.717, 1.165) is 6.54 Å². The maximum absolute atomic E-state index is 2.49. The molecule has 4 heteroatoms. The molecule has 0 spiro atoms. The summed E-state index contributed by atoms with van der Waals surface area (Å²) in [5, 5.41) is 0. The fraction of sp³-hybridized carbons (Fsp3) is 1.00. The topological polar surface area (TPSA) is 13.0 Å². The van der Waals surface area contributed by atoms with Crippen LogP contribution in [-0.4, -0.2) is 101 Å². The molecule has 4 nitrogen and oxygen atoms in total. The fourth-order valence-electron chi connectivity index (χ4n) is 1.97. The van der Waals surface area contributed by atoms with Gasteiger partial charge in [0.1, 0.15) is 0 Å². The lowest BCUT2D eigenvalue weighted by Gasteiger charge is -2.08. The smallest absolute Gasteiger partial charge is 0.00184 e.